The fourth-order valence-corrected chi connectivity index (χ4v) is 4.53. The van der Waals surface area contributed by atoms with Crippen LogP contribution in [0.1, 0.15) is 16.9 Å². The number of hydrogen-bond donors (Lipinski definition) is 3. The molecular formula is C32H35N7O4. The molecule has 2 aromatic carbocycles. The van der Waals surface area contributed by atoms with Gasteiger partial charge in [0.2, 0.25) is 5.90 Å². The van der Waals surface area contributed by atoms with Gasteiger partial charge in [0.15, 0.2) is 0 Å². The van der Waals surface area contributed by atoms with Crippen molar-refractivity contribution in [3.8, 4) is 22.7 Å². The Balaban J connectivity index is 1.30. The molecule has 222 valence electrons. The van der Waals surface area contributed by atoms with E-state index in [0.717, 1.165) is 28.1 Å². The summed E-state index contributed by atoms with van der Waals surface area (Å²) in [5, 5.41) is 10.6. The van der Waals surface area contributed by atoms with E-state index >= 15 is 0 Å². The van der Waals surface area contributed by atoms with Crippen molar-refractivity contribution in [1.29, 1.82) is 0 Å². The highest BCUT2D eigenvalue weighted by Crippen LogP contribution is 2.28. The van der Waals surface area contributed by atoms with E-state index in [1.54, 1.807) is 23.1 Å². The minimum absolute atomic E-state index is 0.193. The molecule has 1 fully saturated rings. The van der Waals surface area contributed by atoms with Crippen LogP contribution >= 0.6 is 0 Å². The van der Waals surface area contributed by atoms with Gasteiger partial charge in [-0.3, -0.25) is 5.32 Å². The van der Waals surface area contributed by atoms with E-state index in [4.69, 9.17) is 24.7 Å². The number of ether oxygens (including phenoxy) is 2. The number of carbonyl (C=O) groups excluding carboxylic acids is 1. The minimum atomic E-state index is -0.407. The van der Waals surface area contributed by atoms with Crippen LogP contribution in [0.3, 0.4) is 0 Å². The molecule has 2 amide bonds. The molecule has 43 heavy (non-hydrogen) atoms. The molecule has 4 N–H and O–H groups in total. The number of nitrogens with one attached hydrogen (secondary N) is 2. The van der Waals surface area contributed by atoms with Gasteiger partial charge in [-0.15, -0.1) is 0 Å². The van der Waals surface area contributed by atoms with E-state index in [-0.39, 0.29) is 12.4 Å². The molecule has 0 bridgehead atoms. The largest absolute Gasteiger partial charge is 0.469 e. The van der Waals surface area contributed by atoms with Gasteiger partial charge in [-0.05, 0) is 44.3 Å². The Morgan fingerprint density at radius 1 is 1.14 bits per heavy atom. The van der Waals surface area contributed by atoms with Crippen molar-refractivity contribution in [2.24, 2.45) is 10.7 Å². The third-order valence-corrected chi connectivity index (χ3v) is 6.84. The van der Waals surface area contributed by atoms with Gasteiger partial charge < -0.3 is 29.8 Å². The standard InChI is InChI=1S/C32H35N7O4/c1-22-8-10-26(11-9-22)39-30(20-28(37-39)27-13-17-42-23(27)2)36-32(40)34-21-25-6-4-5-7-29(25)43-31(12-14-33)35-24(3)38-15-18-41-19-16-38/h4-14,17,20H,3,15-16,18-19,21,33H2,1-2H3,(H2,34,36,40)/b14-12-,35-31?. The Kier molecular flexibility index (Phi) is 9.23. The first-order chi connectivity index (χ1) is 20.9. The Labute approximate surface area is 250 Å². The summed E-state index contributed by atoms with van der Waals surface area (Å²) in [5.41, 5.74) is 9.87. The SMILES string of the molecule is C=C(N=C(/C=C\N)Oc1ccccc1CNC(=O)Nc1cc(-c2ccoc2C)nn1-c1ccc(C)cc1)N1CCOCC1. The monoisotopic (exact) mass is 581 g/mol. The van der Waals surface area contributed by atoms with Crippen LogP contribution < -0.4 is 21.1 Å². The van der Waals surface area contributed by atoms with Crippen LogP contribution in [0.2, 0.25) is 0 Å². The lowest BCUT2D eigenvalue weighted by atomic mass is 10.2. The Morgan fingerprint density at radius 3 is 2.63 bits per heavy atom. The lowest BCUT2D eigenvalue weighted by Crippen LogP contribution is -2.35. The normalized spacial score (nSPS) is 13.7. The van der Waals surface area contributed by atoms with Crippen LogP contribution in [0, 0.1) is 13.8 Å². The molecule has 11 heteroatoms. The number of nitrogens with zero attached hydrogens (tertiary/aromatic N) is 4. The first kappa shape index (κ1) is 29.2. The maximum absolute atomic E-state index is 13.1. The summed E-state index contributed by atoms with van der Waals surface area (Å²) in [5.74, 6) is 2.60. The molecule has 0 spiro atoms. The first-order valence-electron chi connectivity index (χ1n) is 13.9. The van der Waals surface area contributed by atoms with Crippen molar-refractivity contribution in [3.05, 3.63) is 108 Å². The predicted octanol–water partition coefficient (Wildman–Crippen LogP) is 5.12. The van der Waals surface area contributed by atoms with E-state index in [9.17, 15) is 4.79 Å². The molecule has 0 aliphatic carbocycles. The van der Waals surface area contributed by atoms with Crippen molar-refractivity contribution in [2.75, 3.05) is 31.6 Å². The molecule has 3 heterocycles. The van der Waals surface area contributed by atoms with Gasteiger partial charge in [-0.2, -0.15) is 10.1 Å². The van der Waals surface area contributed by atoms with E-state index in [1.807, 2.05) is 73.3 Å². The lowest BCUT2D eigenvalue weighted by Gasteiger charge is -2.28. The van der Waals surface area contributed by atoms with Crippen molar-refractivity contribution < 1.29 is 18.7 Å². The molecule has 1 saturated heterocycles. The maximum atomic E-state index is 13.1. The van der Waals surface area contributed by atoms with Crippen molar-refractivity contribution in [3.63, 3.8) is 0 Å². The summed E-state index contributed by atoms with van der Waals surface area (Å²) in [6.07, 6.45) is 4.54. The average molecular weight is 582 g/mol. The minimum Gasteiger partial charge on any atom is -0.469 e. The molecule has 0 saturated carbocycles. The zero-order chi connectivity index (χ0) is 30.2. The van der Waals surface area contributed by atoms with E-state index in [0.29, 0.717) is 49.4 Å². The number of carbonyl (C=O) groups is 1. The molecule has 0 atom stereocenters. The van der Waals surface area contributed by atoms with Crippen LogP contribution in [-0.4, -0.2) is 52.9 Å². The van der Waals surface area contributed by atoms with Gasteiger partial charge in [-0.1, -0.05) is 42.5 Å². The Bertz CT molecular complexity index is 1630. The van der Waals surface area contributed by atoms with Crippen LogP contribution in [0.15, 0.2) is 101 Å². The molecule has 0 unspecified atom stereocenters. The van der Waals surface area contributed by atoms with Crippen LogP contribution in [0.25, 0.3) is 16.9 Å². The molecule has 2 aromatic heterocycles. The number of furan rings is 1. The number of nitrogens with two attached hydrogens (primary N) is 1. The summed E-state index contributed by atoms with van der Waals surface area (Å²) in [4.78, 5) is 19.7. The van der Waals surface area contributed by atoms with Crippen LogP contribution in [-0.2, 0) is 11.3 Å². The summed E-state index contributed by atoms with van der Waals surface area (Å²) in [6.45, 7) is 10.8. The number of hydrogen-bond acceptors (Lipinski definition) is 8. The second-order valence-electron chi connectivity index (χ2n) is 9.89. The topological polar surface area (TPSA) is 132 Å². The van der Waals surface area contributed by atoms with Crippen LogP contribution in [0.5, 0.6) is 5.75 Å². The summed E-state index contributed by atoms with van der Waals surface area (Å²) in [6, 6.07) is 18.5. The number of aromatic nitrogens is 2. The predicted molar refractivity (Wildman–Crippen MR) is 166 cm³/mol. The zero-order valence-corrected chi connectivity index (χ0v) is 24.2. The number of morpholine rings is 1. The van der Waals surface area contributed by atoms with Gasteiger partial charge in [0.1, 0.15) is 23.1 Å². The fraction of sp³-hybridized carbons (Fsp3) is 0.219. The molecule has 1 aliphatic rings. The summed E-state index contributed by atoms with van der Waals surface area (Å²) >= 11 is 0. The molecule has 5 rings (SSSR count). The second kappa shape index (κ2) is 13.6. The van der Waals surface area contributed by atoms with E-state index < -0.39 is 6.03 Å². The number of para-hydroxylation sites is 1. The second-order valence-corrected chi connectivity index (χ2v) is 9.89. The van der Waals surface area contributed by atoms with Gasteiger partial charge in [0.05, 0.1) is 30.9 Å². The highest BCUT2D eigenvalue weighted by atomic mass is 16.5. The molecule has 0 radical (unpaired) electrons. The number of aliphatic imine (C=N–C) groups is 1. The summed E-state index contributed by atoms with van der Waals surface area (Å²) in [7, 11) is 0. The highest BCUT2D eigenvalue weighted by Gasteiger charge is 2.17. The molecular weight excluding hydrogens is 546 g/mol. The van der Waals surface area contributed by atoms with Gasteiger partial charge >= 0.3 is 6.03 Å². The molecule has 11 nitrogen and oxygen atoms in total. The van der Waals surface area contributed by atoms with Gasteiger partial charge in [-0.25, -0.2) is 9.48 Å². The van der Waals surface area contributed by atoms with E-state index in [1.165, 1.54) is 6.20 Å². The number of urea groups is 1. The lowest BCUT2D eigenvalue weighted by molar-refractivity contribution is 0.0533. The molecule has 4 aromatic rings. The van der Waals surface area contributed by atoms with Crippen molar-refractivity contribution >= 4 is 17.7 Å². The fourth-order valence-electron chi connectivity index (χ4n) is 4.53. The third-order valence-electron chi connectivity index (χ3n) is 6.84. The molecule has 1 aliphatic heterocycles. The maximum Gasteiger partial charge on any atom is 0.320 e. The zero-order valence-electron chi connectivity index (χ0n) is 24.2. The van der Waals surface area contributed by atoms with Gasteiger partial charge in [0.25, 0.3) is 0 Å². The number of aryl methyl sites for hydroxylation is 2. The van der Waals surface area contributed by atoms with Gasteiger partial charge in [0, 0.05) is 42.9 Å². The van der Waals surface area contributed by atoms with Crippen molar-refractivity contribution in [1.82, 2.24) is 20.0 Å². The van der Waals surface area contributed by atoms with Crippen molar-refractivity contribution in [2.45, 2.75) is 20.4 Å². The van der Waals surface area contributed by atoms with E-state index in [2.05, 4.69) is 22.2 Å². The van der Waals surface area contributed by atoms with Crippen LogP contribution in [0.4, 0.5) is 10.6 Å². The average Bonchev–Trinajstić information content (AvgIpc) is 3.63. The number of amides is 2. The third kappa shape index (κ3) is 7.32. The number of anilines is 1. The Morgan fingerprint density at radius 2 is 1.91 bits per heavy atom. The quantitative estimate of drug-likeness (QED) is 0.185. The smallest absolute Gasteiger partial charge is 0.320 e. The first-order valence-corrected chi connectivity index (χ1v) is 13.9. The summed E-state index contributed by atoms with van der Waals surface area (Å²) < 4.78 is 18.7. The Hall–Kier alpha value is -5.29. The number of rotatable bonds is 9. The highest BCUT2D eigenvalue weighted by molar-refractivity contribution is 5.91. The number of benzene rings is 2.